The van der Waals surface area contributed by atoms with Crippen molar-refractivity contribution in [3.05, 3.63) is 94.2 Å². The lowest BCUT2D eigenvalue weighted by Crippen LogP contribution is -2.42. The number of nitriles is 1. The minimum absolute atomic E-state index is 0.0500. The van der Waals surface area contributed by atoms with Crippen LogP contribution in [0, 0.1) is 11.3 Å². The third-order valence-corrected chi connectivity index (χ3v) is 9.54. The van der Waals surface area contributed by atoms with Gasteiger partial charge < -0.3 is 9.64 Å². The highest BCUT2D eigenvalue weighted by molar-refractivity contribution is 7.89. The second kappa shape index (κ2) is 11.5. The van der Waals surface area contributed by atoms with E-state index in [-0.39, 0.29) is 17.4 Å². The summed E-state index contributed by atoms with van der Waals surface area (Å²) in [7, 11) is -2.56. The highest BCUT2D eigenvalue weighted by atomic mass is 32.2. The number of ether oxygens (including phenoxy) is 1. The van der Waals surface area contributed by atoms with Crippen molar-refractivity contribution in [1.29, 1.82) is 5.26 Å². The average molecular weight is 575 g/mol. The van der Waals surface area contributed by atoms with E-state index in [9.17, 15) is 18.0 Å². The van der Waals surface area contributed by atoms with E-state index in [1.807, 2.05) is 35.7 Å². The van der Waals surface area contributed by atoms with Gasteiger partial charge in [0, 0.05) is 25.8 Å². The lowest BCUT2D eigenvalue weighted by molar-refractivity contribution is -0.131. The molecule has 1 saturated heterocycles. The quantitative estimate of drug-likeness (QED) is 0.318. The van der Waals surface area contributed by atoms with E-state index < -0.39 is 22.2 Å². The number of likely N-dealkylation sites (tertiary alicyclic amines) is 1. The monoisotopic (exact) mass is 574 g/mol. The summed E-state index contributed by atoms with van der Waals surface area (Å²) in [4.78, 5) is 27.6. The molecule has 1 aromatic heterocycles. The van der Waals surface area contributed by atoms with Gasteiger partial charge in [-0.05, 0) is 64.0 Å². The molecule has 0 unspecified atom stereocenters. The number of carbonyl (C=O) groups excluding carboxylic acids is 2. The number of carbonyl (C=O) groups is 2. The van der Waals surface area contributed by atoms with Crippen LogP contribution in [0.5, 0.6) is 0 Å². The molecule has 9 nitrogen and oxygen atoms in total. The van der Waals surface area contributed by atoms with Crippen LogP contribution in [0.2, 0.25) is 0 Å². The van der Waals surface area contributed by atoms with Crippen molar-refractivity contribution in [3.8, 4) is 6.07 Å². The molecule has 2 amide bonds. The second-order valence-electron chi connectivity index (χ2n) is 9.43. The maximum atomic E-state index is 13.5. The Hall–Kier alpha value is -4.24. The van der Waals surface area contributed by atoms with Gasteiger partial charge >= 0.3 is 6.09 Å². The molecule has 11 heteroatoms. The van der Waals surface area contributed by atoms with Crippen molar-refractivity contribution in [2.75, 3.05) is 18.9 Å². The summed E-state index contributed by atoms with van der Waals surface area (Å²) in [5.74, 6) is -0.267. The smallest absolute Gasteiger partial charge is 0.411 e. The van der Waals surface area contributed by atoms with Crippen molar-refractivity contribution in [2.45, 2.75) is 30.5 Å². The van der Waals surface area contributed by atoms with E-state index in [0.717, 1.165) is 20.8 Å². The van der Waals surface area contributed by atoms with Crippen LogP contribution in [0.3, 0.4) is 0 Å². The first-order chi connectivity index (χ1) is 19.2. The number of nitrogens with zero attached hydrogens (tertiary/aromatic N) is 3. The SMILES string of the molecule is CN([C@H]1CCN(Cc2csc(C#N)c2)C1=O)S(=O)(=O)c1ccc2ccc(NC(=O)OCc3ccccc3)cc2c1. The van der Waals surface area contributed by atoms with Gasteiger partial charge in [-0.2, -0.15) is 9.57 Å². The van der Waals surface area contributed by atoms with Crippen molar-refractivity contribution in [1.82, 2.24) is 9.21 Å². The van der Waals surface area contributed by atoms with Crippen molar-refractivity contribution in [2.24, 2.45) is 0 Å². The zero-order valence-corrected chi connectivity index (χ0v) is 23.2. The molecule has 1 aliphatic heterocycles. The molecule has 1 fully saturated rings. The van der Waals surface area contributed by atoms with Crippen molar-refractivity contribution >= 4 is 49.8 Å². The van der Waals surface area contributed by atoms with Crippen molar-refractivity contribution < 1.29 is 22.7 Å². The Labute approximate surface area is 236 Å². The molecule has 1 atom stereocenters. The molecule has 0 bridgehead atoms. The number of rotatable bonds is 8. The van der Waals surface area contributed by atoms with Crippen LogP contribution >= 0.6 is 11.3 Å². The van der Waals surface area contributed by atoms with E-state index >= 15 is 0 Å². The van der Waals surface area contributed by atoms with Crippen LogP contribution in [-0.2, 0) is 32.7 Å². The Morgan fingerprint density at radius 3 is 2.62 bits per heavy atom. The molecule has 1 N–H and O–H groups in total. The number of amides is 2. The number of likely N-dealkylation sites (N-methyl/N-ethyl adjacent to an activating group) is 1. The van der Waals surface area contributed by atoms with Crippen LogP contribution in [-0.4, -0.2) is 49.3 Å². The third kappa shape index (κ3) is 5.84. The lowest BCUT2D eigenvalue weighted by Gasteiger charge is -2.23. The molecule has 0 saturated carbocycles. The molecule has 204 valence electrons. The van der Waals surface area contributed by atoms with Crippen molar-refractivity contribution in [3.63, 3.8) is 0 Å². The van der Waals surface area contributed by atoms with Crippen LogP contribution in [0.15, 0.2) is 83.1 Å². The van der Waals surface area contributed by atoms with Gasteiger partial charge in [-0.25, -0.2) is 13.2 Å². The van der Waals surface area contributed by atoms with Gasteiger partial charge in [-0.3, -0.25) is 10.1 Å². The minimum atomic E-state index is -3.99. The number of thiophene rings is 1. The van der Waals surface area contributed by atoms with Gasteiger partial charge in [0.2, 0.25) is 15.9 Å². The summed E-state index contributed by atoms with van der Waals surface area (Å²) in [6.07, 6.45) is -0.251. The Bertz CT molecular complexity index is 1710. The average Bonchev–Trinajstić information content (AvgIpc) is 3.57. The summed E-state index contributed by atoms with van der Waals surface area (Å²) in [6, 6.07) is 22.2. The molecular weight excluding hydrogens is 548 g/mol. The zero-order chi connectivity index (χ0) is 28.3. The fourth-order valence-corrected chi connectivity index (χ4v) is 6.70. The van der Waals surface area contributed by atoms with E-state index in [1.54, 1.807) is 35.2 Å². The Morgan fingerprint density at radius 2 is 1.88 bits per heavy atom. The lowest BCUT2D eigenvalue weighted by atomic mass is 10.1. The van der Waals surface area contributed by atoms with Gasteiger partial charge in [0.05, 0.1) is 4.90 Å². The predicted molar refractivity (Wildman–Crippen MR) is 152 cm³/mol. The summed E-state index contributed by atoms with van der Waals surface area (Å²) in [5, 5.41) is 15.0. The van der Waals surface area contributed by atoms with Gasteiger partial charge in [-0.1, -0.05) is 42.5 Å². The van der Waals surface area contributed by atoms with Crippen LogP contribution in [0.25, 0.3) is 10.8 Å². The molecular formula is C29H26N4O5S2. The second-order valence-corrected chi connectivity index (χ2v) is 12.3. The molecule has 0 aliphatic carbocycles. The van der Waals surface area contributed by atoms with Gasteiger partial charge in [0.15, 0.2) is 0 Å². The summed E-state index contributed by atoms with van der Waals surface area (Å²) >= 11 is 1.31. The standard InChI is InChI=1S/C29H26N4O5S2/c1-32(27-11-12-33(28(27)34)17-21-13-25(16-30)39-19-21)40(36,37)26-10-8-22-7-9-24(14-23(22)15-26)31-29(35)38-18-20-5-3-2-4-6-20/h2-10,13-15,19,27H,11-12,17-18H2,1H3,(H,31,35)/t27-/m0/s1. The summed E-state index contributed by atoms with van der Waals surface area (Å²) < 4.78 is 33.5. The van der Waals surface area contributed by atoms with E-state index in [2.05, 4.69) is 11.4 Å². The topological polar surface area (TPSA) is 120 Å². The van der Waals surface area contributed by atoms with Gasteiger partial charge in [0.1, 0.15) is 23.6 Å². The van der Waals surface area contributed by atoms with Gasteiger partial charge in [-0.15, -0.1) is 11.3 Å². The van der Waals surface area contributed by atoms with Crippen LogP contribution in [0.1, 0.15) is 22.4 Å². The van der Waals surface area contributed by atoms with E-state index in [4.69, 9.17) is 10.00 Å². The maximum absolute atomic E-state index is 13.5. The molecule has 0 spiro atoms. The third-order valence-electron chi connectivity index (χ3n) is 6.79. The number of hydrogen-bond acceptors (Lipinski definition) is 7. The first-order valence-electron chi connectivity index (χ1n) is 12.5. The summed E-state index contributed by atoms with van der Waals surface area (Å²) in [6.45, 7) is 0.885. The zero-order valence-electron chi connectivity index (χ0n) is 21.6. The molecule has 2 heterocycles. The van der Waals surface area contributed by atoms with Crippen LogP contribution in [0.4, 0.5) is 10.5 Å². The predicted octanol–water partition coefficient (Wildman–Crippen LogP) is 4.94. The molecule has 1 aliphatic rings. The maximum Gasteiger partial charge on any atom is 0.411 e. The first-order valence-corrected chi connectivity index (χ1v) is 14.8. The number of anilines is 1. The number of hydrogen-bond donors (Lipinski definition) is 1. The largest absolute Gasteiger partial charge is 0.444 e. The fraction of sp³-hybridized carbons (Fsp3) is 0.207. The van der Waals surface area contributed by atoms with Crippen LogP contribution < -0.4 is 5.32 Å². The number of benzene rings is 3. The highest BCUT2D eigenvalue weighted by Crippen LogP contribution is 2.28. The molecule has 40 heavy (non-hydrogen) atoms. The summed E-state index contributed by atoms with van der Waals surface area (Å²) in [5.41, 5.74) is 2.17. The molecule has 4 aromatic rings. The Balaban J connectivity index is 1.28. The van der Waals surface area contributed by atoms with E-state index in [0.29, 0.717) is 35.5 Å². The van der Waals surface area contributed by atoms with Gasteiger partial charge in [0.25, 0.3) is 0 Å². The number of fused-ring (bicyclic) bond motifs is 1. The molecule has 0 radical (unpaired) electrons. The molecule has 3 aromatic carbocycles. The number of sulfonamides is 1. The minimum Gasteiger partial charge on any atom is -0.444 e. The Morgan fingerprint density at radius 1 is 1.10 bits per heavy atom. The number of nitrogens with one attached hydrogen (secondary N) is 1. The fourth-order valence-electron chi connectivity index (χ4n) is 4.63. The Kier molecular flexibility index (Phi) is 7.84. The highest BCUT2D eigenvalue weighted by Gasteiger charge is 2.39. The first kappa shape index (κ1) is 27.3. The van der Waals surface area contributed by atoms with E-state index in [1.165, 1.54) is 30.5 Å². The molecule has 5 rings (SSSR count). The normalized spacial score (nSPS) is 15.4.